The first-order chi connectivity index (χ1) is 15.3. The molecule has 31 heavy (non-hydrogen) atoms. The number of imidazole rings is 1. The number of nitrogens with one attached hydrogen (secondary N) is 1. The van der Waals surface area contributed by atoms with Gasteiger partial charge in [-0.1, -0.05) is 54.2 Å². The van der Waals surface area contributed by atoms with Crippen molar-refractivity contribution in [2.45, 2.75) is 9.79 Å². The fourth-order valence-electron chi connectivity index (χ4n) is 4.10. The van der Waals surface area contributed by atoms with Crippen molar-refractivity contribution in [3.05, 3.63) is 118 Å². The largest absolute Gasteiger partial charge is 0.331 e. The second kappa shape index (κ2) is 7.15. The molecule has 0 saturated heterocycles. The van der Waals surface area contributed by atoms with E-state index in [0.29, 0.717) is 0 Å². The highest BCUT2D eigenvalue weighted by Crippen LogP contribution is 2.45. The molecule has 0 radical (unpaired) electrons. The fourth-order valence-corrected chi connectivity index (χ4v) is 5.21. The molecule has 0 bridgehead atoms. The lowest BCUT2D eigenvalue weighted by Gasteiger charge is -2.22. The Morgan fingerprint density at radius 1 is 0.871 bits per heavy atom. The summed E-state index contributed by atoms with van der Waals surface area (Å²) in [6.45, 7) is 0. The molecule has 3 heterocycles. The molecule has 4 nitrogen and oxygen atoms in total. The molecule has 5 aromatic rings. The van der Waals surface area contributed by atoms with Crippen molar-refractivity contribution in [1.82, 2.24) is 14.5 Å². The number of benzene rings is 3. The van der Waals surface area contributed by atoms with Crippen LogP contribution in [0.15, 0.2) is 106 Å². The van der Waals surface area contributed by atoms with Gasteiger partial charge in [0.1, 0.15) is 0 Å². The molecule has 0 spiro atoms. The van der Waals surface area contributed by atoms with Gasteiger partial charge in [-0.2, -0.15) is 0 Å². The third-order valence-electron chi connectivity index (χ3n) is 5.50. The van der Waals surface area contributed by atoms with Crippen molar-refractivity contribution in [2.24, 2.45) is 0 Å². The zero-order chi connectivity index (χ0) is 20.8. The predicted octanol–water partition coefficient (Wildman–Crippen LogP) is 5.77. The quantitative estimate of drug-likeness (QED) is 0.388. The van der Waals surface area contributed by atoms with Gasteiger partial charge in [0.05, 0.1) is 22.9 Å². The molecular formula is C26H17N3OS. The van der Waals surface area contributed by atoms with Crippen molar-refractivity contribution in [3.8, 4) is 5.69 Å². The normalized spacial score (nSPS) is 12.5. The first-order valence-corrected chi connectivity index (χ1v) is 10.8. The van der Waals surface area contributed by atoms with Crippen molar-refractivity contribution in [2.75, 3.05) is 0 Å². The highest BCUT2D eigenvalue weighted by molar-refractivity contribution is 7.99. The highest BCUT2D eigenvalue weighted by Gasteiger charge is 2.20. The lowest BCUT2D eigenvalue weighted by molar-refractivity contribution is 1.00. The number of pyridine rings is 1. The summed E-state index contributed by atoms with van der Waals surface area (Å²) >= 11 is 1.80. The molecule has 0 aliphatic carbocycles. The molecule has 1 aliphatic heterocycles. The number of nitrogens with zero attached hydrogens (tertiary/aromatic N) is 2. The van der Waals surface area contributed by atoms with Crippen LogP contribution >= 0.6 is 11.8 Å². The van der Waals surface area contributed by atoms with Gasteiger partial charge in [-0.05, 0) is 64.7 Å². The van der Waals surface area contributed by atoms with Crippen LogP contribution in [-0.4, -0.2) is 14.5 Å². The number of hydrogen-bond donors (Lipinski definition) is 1. The van der Waals surface area contributed by atoms with Crippen LogP contribution < -0.4 is 5.69 Å². The summed E-state index contributed by atoms with van der Waals surface area (Å²) < 4.78 is 1.65. The molecule has 1 aliphatic rings. The molecule has 3 aromatic carbocycles. The number of aromatic amines is 1. The molecule has 0 fully saturated rings. The van der Waals surface area contributed by atoms with E-state index in [9.17, 15) is 4.79 Å². The van der Waals surface area contributed by atoms with E-state index < -0.39 is 0 Å². The molecule has 5 heteroatoms. The molecule has 1 N–H and O–H groups in total. The Hall–Kier alpha value is -3.83. The molecular weight excluding hydrogens is 402 g/mol. The zero-order valence-corrected chi connectivity index (χ0v) is 17.3. The molecule has 0 saturated carbocycles. The van der Waals surface area contributed by atoms with Crippen LogP contribution in [-0.2, 0) is 0 Å². The molecule has 0 amide bonds. The van der Waals surface area contributed by atoms with Crippen LogP contribution in [0.5, 0.6) is 0 Å². The van der Waals surface area contributed by atoms with Crippen molar-refractivity contribution in [1.29, 1.82) is 0 Å². The molecule has 0 atom stereocenters. The summed E-state index contributed by atoms with van der Waals surface area (Å²) in [5.41, 5.74) is 6.90. The second-order valence-corrected chi connectivity index (χ2v) is 8.49. The van der Waals surface area contributed by atoms with Crippen molar-refractivity contribution in [3.63, 3.8) is 0 Å². The van der Waals surface area contributed by atoms with E-state index in [1.54, 1.807) is 28.7 Å². The summed E-state index contributed by atoms with van der Waals surface area (Å²) in [5, 5.41) is 0. The van der Waals surface area contributed by atoms with E-state index in [1.165, 1.54) is 26.5 Å². The summed E-state index contributed by atoms with van der Waals surface area (Å²) in [5.74, 6) is 0. The standard InChI is InChI=1S/C26H17N3OS/c30-26-28-22-15-17(11-12-23(22)29(26)18-6-5-13-27-16-18)14-21-19-7-1-3-9-24(19)31-25-10-4-2-8-20(21)25/h1-16H,(H,28,30). The Morgan fingerprint density at radius 2 is 1.61 bits per heavy atom. The Bertz CT molecular complexity index is 1480. The maximum absolute atomic E-state index is 12.6. The molecule has 2 aromatic heterocycles. The van der Waals surface area contributed by atoms with E-state index in [-0.39, 0.29) is 5.69 Å². The van der Waals surface area contributed by atoms with Gasteiger partial charge in [0.25, 0.3) is 0 Å². The lowest BCUT2D eigenvalue weighted by Crippen LogP contribution is -2.14. The van der Waals surface area contributed by atoms with Gasteiger partial charge >= 0.3 is 5.69 Å². The lowest BCUT2D eigenvalue weighted by atomic mass is 9.95. The van der Waals surface area contributed by atoms with Gasteiger partial charge in [-0.15, -0.1) is 0 Å². The summed E-state index contributed by atoms with van der Waals surface area (Å²) in [6.07, 6.45) is 5.60. The second-order valence-electron chi connectivity index (χ2n) is 7.41. The Kier molecular flexibility index (Phi) is 4.14. The van der Waals surface area contributed by atoms with E-state index in [1.807, 2.05) is 24.3 Å². The van der Waals surface area contributed by atoms with E-state index in [0.717, 1.165) is 22.3 Å². The minimum absolute atomic E-state index is 0.169. The van der Waals surface area contributed by atoms with Gasteiger partial charge in [0.2, 0.25) is 0 Å². The summed E-state index contributed by atoms with van der Waals surface area (Å²) in [7, 11) is 0. The maximum Gasteiger partial charge on any atom is 0.331 e. The van der Waals surface area contributed by atoms with Crippen LogP contribution in [0, 0.1) is 0 Å². The monoisotopic (exact) mass is 419 g/mol. The van der Waals surface area contributed by atoms with Gasteiger partial charge in [-0.3, -0.25) is 9.55 Å². The Labute approximate surface area is 182 Å². The van der Waals surface area contributed by atoms with Crippen LogP contribution in [0.25, 0.3) is 28.4 Å². The minimum Gasteiger partial charge on any atom is -0.305 e. The SMILES string of the molecule is O=c1[nH]c2cc(C=C3c4ccccc4Sc4ccccc43)ccc2n1-c1cccnc1. The van der Waals surface area contributed by atoms with Crippen LogP contribution in [0.1, 0.15) is 16.7 Å². The number of H-pyrrole nitrogens is 1. The van der Waals surface area contributed by atoms with Crippen molar-refractivity contribution >= 4 is 34.4 Å². The van der Waals surface area contributed by atoms with Gasteiger partial charge in [0.15, 0.2) is 0 Å². The average Bonchev–Trinajstić information content (AvgIpc) is 3.14. The fraction of sp³-hybridized carbons (Fsp3) is 0. The molecule has 6 rings (SSSR count). The number of aromatic nitrogens is 3. The van der Waals surface area contributed by atoms with Gasteiger partial charge in [-0.25, -0.2) is 4.79 Å². The predicted molar refractivity (Wildman–Crippen MR) is 126 cm³/mol. The van der Waals surface area contributed by atoms with Crippen LogP contribution in [0.4, 0.5) is 0 Å². The van der Waals surface area contributed by atoms with E-state index in [2.05, 4.69) is 70.6 Å². The summed E-state index contributed by atoms with van der Waals surface area (Å²) in [4.78, 5) is 22.3. The number of hydrogen-bond acceptors (Lipinski definition) is 3. The average molecular weight is 420 g/mol. The first kappa shape index (κ1) is 18.0. The molecule has 148 valence electrons. The van der Waals surface area contributed by atoms with Gasteiger partial charge in [0, 0.05) is 16.0 Å². The zero-order valence-electron chi connectivity index (χ0n) is 16.4. The Morgan fingerprint density at radius 3 is 2.32 bits per heavy atom. The Balaban J connectivity index is 1.52. The first-order valence-electron chi connectivity index (χ1n) is 10.0. The third-order valence-corrected chi connectivity index (χ3v) is 6.65. The highest BCUT2D eigenvalue weighted by atomic mass is 32.2. The van der Waals surface area contributed by atoms with Crippen LogP contribution in [0.3, 0.4) is 0 Å². The topological polar surface area (TPSA) is 50.7 Å². The summed E-state index contributed by atoms with van der Waals surface area (Å²) in [6, 6.07) is 26.8. The smallest absolute Gasteiger partial charge is 0.305 e. The van der Waals surface area contributed by atoms with Gasteiger partial charge < -0.3 is 4.98 Å². The third kappa shape index (κ3) is 3.02. The number of rotatable bonds is 2. The van der Waals surface area contributed by atoms with E-state index in [4.69, 9.17) is 0 Å². The van der Waals surface area contributed by atoms with E-state index >= 15 is 0 Å². The number of fused-ring (bicyclic) bond motifs is 3. The molecule has 0 unspecified atom stereocenters. The maximum atomic E-state index is 12.6. The van der Waals surface area contributed by atoms with Crippen LogP contribution in [0.2, 0.25) is 0 Å². The minimum atomic E-state index is -0.169. The van der Waals surface area contributed by atoms with Crippen molar-refractivity contribution < 1.29 is 0 Å².